The molecule has 3 N–H and O–H groups in total. The van der Waals surface area contributed by atoms with Crippen LogP contribution in [0.4, 0.5) is 0 Å². The van der Waals surface area contributed by atoms with Gasteiger partial charge in [-0.05, 0) is 32.4 Å². The number of nitrogens with one attached hydrogen (secondary N) is 1. The minimum Gasteiger partial charge on any atom is -0.486 e. The van der Waals surface area contributed by atoms with Crippen molar-refractivity contribution in [3.05, 3.63) is 18.2 Å². The third kappa shape index (κ3) is 3.58. The van der Waals surface area contributed by atoms with Crippen molar-refractivity contribution in [2.45, 2.75) is 43.3 Å². The van der Waals surface area contributed by atoms with Crippen molar-refractivity contribution < 1.29 is 22.7 Å². The maximum Gasteiger partial charge on any atom is 0.243 e. The summed E-state index contributed by atoms with van der Waals surface area (Å²) in [7, 11) is -3.88. The largest absolute Gasteiger partial charge is 0.486 e. The van der Waals surface area contributed by atoms with Crippen molar-refractivity contribution in [2.75, 3.05) is 19.8 Å². The average Bonchev–Trinajstić information content (AvgIpc) is 2.96. The monoisotopic (exact) mass is 369 g/mol. The Morgan fingerprint density at radius 1 is 1.28 bits per heavy atom. The number of ether oxygens (including phenoxy) is 2. The molecule has 0 saturated carbocycles. The first kappa shape index (κ1) is 18.0. The second kappa shape index (κ2) is 6.81. The fraction of sp³-hybridized carbons (Fsp3) is 0.562. The third-order valence-electron chi connectivity index (χ3n) is 4.14. The van der Waals surface area contributed by atoms with Crippen molar-refractivity contribution in [1.29, 1.82) is 0 Å². The molecular weight excluding hydrogens is 346 g/mol. The highest BCUT2D eigenvalue weighted by Crippen LogP contribution is 2.34. The third-order valence-corrected chi connectivity index (χ3v) is 6.01. The highest BCUT2D eigenvalue weighted by atomic mass is 32.2. The van der Waals surface area contributed by atoms with Gasteiger partial charge in [-0.2, -0.15) is 4.31 Å². The second-order valence-corrected chi connectivity index (χ2v) is 8.45. The van der Waals surface area contributed by atoms with Gasteiger partial charge in [-0.15, -0.1) is 0 Å². The van der Waals surface area contributed by atoms with E-state index >= 15 is 0 Å². The van der Waals surface area contributed by atoms with E-state index in [2.05, 4.69) is 5.32 Å². The van der Waals surface area contributed by atoms with E-state index in [1.165, 1.54) is 16.4 Å². The Bertz CT molecular complexity index is 765. The summed E-state index contributed by atoms with van der Waals surface area (Å²) in [4.78, 5) is 12.5. The number of carbonyl (C=O) groups excluding carboxylic acids is 1. The normalized spacial score (nSPS) is 23.7. The SMILES string of the molecule is CC(C)NC(=O)[C@@H]1C[C@H](N)CN1S(=O)(=O)c1ccc2c(c1)OCCO2. The summed E-state index contributed by atoms with van der Waals surface area (Å²) in [6, 6.07) is 3.20. The van der Waals surface area contributed by atoms with Gasteiger partial charge in [0.15, 0.2) is 11.5 Å². The van der Waals surface area contributed by atoms with Gasteiger partial charge in [0.2, 0.25) is 15.9 Å². The summed E-state index contributed by atoms with van der Waals surface area (Å²) in [6.07, 6.45) is 0.294. The van der Waals surface area contributed by atoms with E-state index in [-0.39, 0.29) is 29.4 Å². The Morgan fingerprint density at radius 3 is 2.64 bits per heavy atom. The lowest BCUT2D eigenvalue weighted by Crippen LogP contribution is -2.47. The van der Waals surface area contributed by atoms with Gasteiger partial charge in [-0.1, -0.05) is 0 Å². The topological polar surface area (TPSA) is 111 Å². The van der Waals surface area contributed by atoms with Crippen molar-refractivity contribution in [1.82, 2.24) is 9.62 Å². The fourth-order valence-electron chi connectivity index (χ4n) is 3.04. The molecule has 1 amide bonds. The molecule has 138 valence electrons. The van der Waals surface area contributed by atoms with Crippen molar-refractivity contribution in [3.8, 4) is 11.5 Å². The molecular formula is C16H23N3O5S. The van der Waals surface area contributed by atoms with E-state index in [1.54, 1.807) is 6.07 Å². The number of carbonyl (C=O) groups is 1. The van der Waals surface area contributed by atoms with Crippen LogP contribution in [0, 0.1) is 0 Å². The zero-order chi connectivity index (χ0) is 18.2. The van der Waals surface area contributed by atoms with Crippen LogP contribution in [0.1, 0.15) is 20.3 Å². The summed E-state index contributed by atoms with van der Waals surface area (Å²) in [5.41, 5.74) is 5.94. The standard InChI is InChI=1S/C16H23N3O5S/c1-10(2)18-16(20)13-7-11(17)9-19(13)25(21,22)12-3-4-14-15(8-12)24-6-5-23-14/h3-4,8,10-11,13H,5-7,9,17H2,1-2H3,(H,18,20)/t11-,13-/m0/s1. The van der Waals surface area contributed by atoms with E-state index in [0.29, 0.717) is 31.1 Å². The van der Waals surface area contributed by atoms with Crippen LogP contribution in [0.3, 0.4) is 0 Å². The minimum absolute atomic E-state index is 0.0631. The van der Waals surface area contributed by atoms with Crippen LogP contribution in [-0.2, 0) is 14.8 Å². The van der Waals surface area contributed by atoms with Crippen LogP contribution in [0.5, 0.6) is 11.5 Å². The lowest BCUT2D eigenvalue weighted by atomic mass is 10.1. The van der Waals surface area contributed by atoms with Gasteiger partial charge in [-0.25, -0.2) is 8.42 Å². The maximum absolute atomic E-state index is 13.1. The van der Waals surface area contributed by atoms with Crippen LogP contribution >= 0.6 is 0 Å². The zero-order valence-corrected chi connectivity index (χ0v) is 15.1. The van der Waals surface area contributed by atoms with Gasteiger partial charge in [0.25, 0.3) is 0 Å². The number of rotatable bonds is 4. The summed E-state index contributed by atoms with van der Waals surface area (Å²) >= 11 is 0. The Balaban J connectivity index is 1.91. The number of sulfonamides is 1. The van der Waals surface area contributed by atoms with Gasteiger partial charge in [0, 0.05) is 24.7 Å². The summed E-state index contributed by atoms with van der Waals surface area (Å²) < 4.78 is 38.2. The predicted molar refractivity (Wildman–Crippen MR) is 91.0 cm³/mol. The number of fused-ring (bicyclic) bond motifs is 1. The highest BCUT2D eigenvalue weighted by molar-refractivity contribution is 7.89. The summed E-state index contributed by atoms with van der Waals surface area (Å²) in [5.74, 6) is 0.570. The second-order valence-electron chi connectivity index (χ2n) is 6.56. The lowest BCUT2D eigenvalue weighted by Gasteiger charge is -2.25. The number of nitrogens with two attached hydrogens (primary N) is 1. The van der Waals surface area contributed by atoms with Crippen LogP contribution < -0.4 is 20.5 Å². The molecule has 0 aromatic heterocycles. The molecule has 2 heterocycles. The Morgan fingerprint density at radius 2 is 1.96 bits per heavy atom. The van der Waals surface area contributed by atoms with Crippen LogP contribution in [0.15, 0.2) is 23.1 Å². The quantitative estimate of drug-likeness (QED) is 0.777. The van der Waals surface area contributed by atoms with E-state index in [9.17, 15) is 13.2 Å². The van der Waals surface area contributed by atoms with Gasteiger partial charge in [-0.3, -0.25) is 4.79 Å². The molecule has 0 radical (unpaired) electrons. The molecule has 3 rings (SSSR count). The molecule has 25 heavy (non-hydrogen) atoms. The first-order valence-electron chi connectivity index (χ1n) is 8.26. The number of hydrogen-bond acceptors (Lipinski definition) is 6. The molecule has 1 fully saturated rings. The van der Waals surface area contributed by atoms with Crippen molar-refractivity contribution in [3.63, 3.8) is 0 Å². The summed E-state index contributed by atoms with van der Waals surface area (Å²) in [6.45, 7) is 4.55. The molecule has 0 aliphatic carbocycles. The molecule has 8 nitrogen and oxygen atoms in total. The number of benzene rings is 1. The average molecular weight is 369 g/mol. The van der Waals surface area contributed by atoms with Crippen molar-refractivity contribution >= 4 is 15.9 Å². The van der Waals surface area contributed by atoms with Gasteiger partial charge >= 0.3 is 0 Å². The molecule has 1 aromatic carbocycles. The highest BCUT2D eigenvalue weighted by Gasteiger charge is 2.43. The first-order chi connectivity index (χ1) is 11.8. The Kier molecular flexibility index (Phi) is 4.90. The molecule has 2 atom stereocenters. The number of hydrogen-bond donors (Lipinski definition) is 2. The van der Waals surface area contributed by atoms with E-state index < -0.39 is 16.1 Å². The van der Waals surface area contributed by atoms with Crippen molar-refractivity contribution in [2.24, 2.45) is 5.73 Å². The molecule has 0 bridgehead atoms. The Labute approximate surface area is 147 Å². The smallest absolute Gasteiger partial charge is 0.243 e. The minimum atomic E-state index is -3.88. The molecule has 2 aliphatic rings. The van der Waals surface area contributed by atoms with Crippen LogP contribution in [-0.4, -0.2) is 56.5 Å². The predicted octanol–water partition coefficient (Wildman–Crippen LogP) is 0.0727. The van der Waals surface area contributed by atoms with E-state index in [0.717, 1.165) is 0 Å². The number of nitrogens with zero attached hydrogens (tertiary/aromatic N) is 1. The van der Waals surface area contributed by atoms with Gasteiger partial charge in [0.1, 0.15) is 19.3 Å². The van der Waals surface area contributed by atoms with E-state index in [1.807, 2.05) is 13.8 Å². The van der Waals surface area contributed by atoms with Crippen LogP contribution in [0.2, 0.25) is 0 Å². The van der Waals surface area contributed by atoms with Gasteiger partial charge < -0.3 is 20.5 Å². The van der Waals surface area contributed by atoms with Crippen LogP contribution in [0.25, 0.3) is 0 Å². The van der Waals surface area contributed by atoms with Gasteiger partial charge in [0.05, 0.1) is 4.90 Å². The lowest BCUT2D eigenvalue weighted by molar-refractivity contribution is -0.124. The maximum atomic E-state index is 13.1. The molecule has 2 aliphatic heterocycles. The molecule has 0 spiro atoms. The molecule has 1 aromatic rings. The zero-order valence-electron chi connectivity index (χ0n) is 14.3. The summed E-state index contributed by atoms with van der Waals surface area (Å²) in [5, 5.41) is 2.76. The molecule has 9 heteroatoms. The molecule has 1 saturated heterocycles. The van der Waals surface area contributed by atoms with E-state index in [4.69, 9.17) is 15.2 Å². The first-order valence-corrected chi connectivity index (χ1v) is 9.70. The number of amides is 1. The Hall–Kier alpha value is -1.84. The molecule has 0 unspecified atom stereocenters. The fourth-order valence-corrected chi connectivity index (χ4v) is 4.71.